The molecule has 0 spiro atoms. The van der Waals surface area contributed by atoms with E-state index in [2.05, 4.69) is 15.6 Å². The lowest BCUT2D eigenvalue weighted by atomic mass is 10.1. The normalized spacial score (nSPS) is 14.6. The first-order valence-electron chi connectivity index (χ1n) is 5.10. The van der Waals surface area contributed by atoms with Crippen LogP contribution in [-0.2, 0) is 0 Å². The zero-order valence-electron chi connectivity index (χ0n) is 9.19. The number of rotatable bonds is 1. The van der Waals surface area contributed by atoms with Gasteiger partial charge in [0.25, 0.3) is 0 Å². The maximum atomic E-state index is 6.25. The van der Waals surface area contributed by atoms with Gasteiger partial charge in [-0.25, -0.2) is 0 Å². The van der Waals surface area contributed by atoms with E-state index < -0.39 is 0 Å². The van der Waals surface area contributed by atoms with Crippen molar-refractivity contribution >= 4 is 34.8 Å². The van der Waals surface area contributed by atoms with E-state index in [4.69, 9.17) is 23.2 Å². The van der Waals surface area contributed by atoms with Gasteiger partial charge in [0.1, 0.15) is 0 Å². The summed E-state index contributed by atoms with van der Waals surface area (Å²) in [4.78, 5) is 4.24. The summed E-state index contributed by atoms with van der Waals surface area (Å²) in [6.45, 7) is 5.59. The quantitative estimate of drug-likeness (QED) is 0.812. The highest BCUT2D eigenvalue weighted by Crippen LogP contribution is 2.35. The second-order valence-electron chi connectivity index (χ2n) is 3.77. The number of aliphatic imine (C=N–C) groups is 1. The molecular formula is C11H13Cl2N3. The smallest absolute Gasteiger partial charge is 0.196 e. The van der Waals surface area contributed by atoms with Crippen molar-refractivity contribution in [2.24, 2.45) is 4.99 Å². The van der Waals surface area contributed by atoms with E-state index in [-0.39, 0.29) is 0 Å². The third kappa shape index (κ3) is 2.11. The molecule has 2 N–H and O–H groups in total. The van der Waals surface area contributed by atoms with Crippen LogP contribution in [0.25, 0.3) is 0 Å². The summed E-state index contributed by atoms with van der Waals surface area (Å²) in [6, 6.07) is 1.90. The first kappa shape index (κ1) is 11.6. The Bertz CT molecular complexity index is 455. The minimum Gasteiger partial charge on any atom is -0.354 e. The highest BCUT2D eigenvalue weighted by Gasteiger charge is 2.14. The van der Waals surface area contributed by atoms with Gasteiger partial charge in [-0.15, -0.1) is 0 Å². The molecule has 0 radical (unpaired) electrons. The number of aryl methyl sites for hydroxylation is 1. The number of benzene rings is 1. The molecule has 0 atom stereocenters. The largest absolute Gasteiger partial charge is 0.354 e. The standard InChI is InChI=1S/C11H13Cl2N3/c1-6-5-8(12)10(9(13)7(6)2)16-11-14-3-4-15-11/h5H,3-4H2,1-2H3,(H2,14,15,16). The lowest BCUT2D eigenvalue weighted by Gasteiger charge is -2.14. The first-order chi connectivity index (χ1) is 7.59. The van der Waals surface area contributed by atoms with Crippen LogP contribution >= 0.6 is 23.2 Å². The van der Waals surface area contributed by atoms with Gasteiger partial charge in [0, 0.05) is 6.54 Å². The number of anilines is 1. The van der Waals surface area contributed by atoms with Gasteiger partial charge in [0.15, 0.2) is 5.96 Å². The van der Waals surface area contributed by atoms with Crippen molar-refractivity contribution in [3.63, 3.8) is 0 Å². The maximum Gasteiger partial charge on any atom is 0.196 e. The fourth-order valence-corrected chi connectivity index (χ4v) is 2.20. The molecule has 0 amide bonds. The van der Waals surface area contributed by atoms with Crippen molar-refractivity contribution in [2.45, 2.75) is 13.8 Å². The van der Waals surface area contributed by atoms with Crippen LogP contribution in [0.15, 0.2) is 11.1 Å². The summed E-state index contributed by atoms with van der Waals surface area (Å²) in [7, 11) is 0. The van der Waals surface area contributed by atoms with Crippen molar-refractivity contribution in [1.29, 1.82) is 0 Å². The molecule has 0 saturated heterocycles. The number of hydrogen-bond donors (Lipinski definition) is 2. The van der Waals surface area contributed by atoms with E-state index in [0.29, 0.717) is 10.0 Å². The molecule has 0 fully saturated rings. The van der Waals surface area contributed by atoms with Gasteiger partial charge in [-0.3, -0.25) is 4.99 Å². The highest BCUT2D eigenvalue weighted by molar-refractivity contribution is 6.40. The lowest BCUT2D eigenvalue weighted by Crippen LogP contribution is -2.26. The Kier molecular flexibility index (Phi) is 3.26. The molecule has 0 unspecified atom stereocenters. The predicted octanol–water partition coefficient (Wildman–Crippen LogP) is 2.98. The predicted molar refractivity (Wildman–Crippen MR) is 69.9 cm³/mol. The Morgan fingerprint density at radius 1 is 1.38 bits per heavy atom. The summed E-state index contributed by atoms with van der Waals surface area (Å²) in [5.41, 5.74) is 2.84. The molecule has 0 aromatic heterocycles. The summed E-state index contributed by atoms with van der Waals surface area (Å²) in [5, 5.41) is 7.51. The molecular weight excluding hydrogens is 245 g/mol. The van der Waals surface area contributed by atoms with Gasteiger partial charge in [-0.1, -0.05) is 23.2 Å². The molecule has 0 bridgehead atoms. The highest BCUT2D eigenvalue weighted by atomic mass is 35.5. The molecule has 5 heteroatoms. The average Bonchev–Trinajstić information content (AvgIpc) is 2.74. The molecule has 16 heavy (non-hydrogen) atoms. The zero-order chi connectivity index (χ0) is 11.7. The molecule has 1 aromatic rings. The van der Waals surface area contributed by atoms with Crippen LogP contribution < -0.4 is 10.6 Å². The Labute approximate surface area is 105 Å². The van der Waals surface area contributed by atoms with Gasteiger partial charge in [-0.2, -0.15) is 0 Å². The number of hydrogen-bond acceptors (Lipinski definition) is 3. The fraction of sp³-hybridized carbons (Fsp3) is 0.364. The van der Waals surface area contributed by atoms with E-state index >= 15 is 0 Å². The Morgan fingerprint density at radius 3 is 2.75 bits per heavy atom. The van der Waals surface area contributed by atoms with Crippen LogP contribution in [0.5, 0.6) is 0 Å². The second kappa shape index (κ2) is 4.52. The van der Waals surface area contributed by atoms with E-state index in [1.54, 1.807) is 0 Å². The number of nitrogens with one attached hydrogen (secondary N) is 2. The molecule has 86 valence electrons. The third-order valence-electron chi connectivity index (χ3n) is 2.64. The monoisotopic (exact) mass is 257 g/mol. The topological polar surface area (TPSA) is 36.4 Å². The third-order valence-corrected chi connectivity index (χ3v) is 3.41. The van der Waals surface area contributed by atoms with Gasteiger partial charge in [-0.05, 0) is 31.0 Å². The average molecular weight is 258 g/mol. The van der Waals surface area contributed by atoms with Crippen LogP contribution in [0, 0.1) is 13.8 Å². The van der Waals surface area contributed by atoms with E-state index in [9.17, 15) is 0 Å². The van der Waals surface area contributed by atoms with Gasteiger partial charge < -0.3 is 10.6 Å². The fourth-order valence-electron chi connectivity index (χ4n) is 1.55. The minimum atomic E-state index is 0.615. The van der Waals surface area contributed by atoms with Crippen LogP contribution in [0.1, 0.15) is 11.1 Å². The molecule has 0 saturated carbocycles. The molecule has 0 aliphatic carbocycles. The maximum absolute atomic E-state index is 6.25. The van der Waals surface area contributed by atoms with Crippen molar-refractivity contribution in [1.82, 2.24) is 5.32 Å². The van der Waals surface area contributed by atoms with Crippen molar-refractivity contribution in [2.75, 3.05) is 18.4 Å². The van der Waals surface area contributed by atoms with Crippen molar-refractivity contribution < 1.29 is 0 Å². The first-order valence-corrected chi connectivity index (χ1v) is 5.85. The van der Waals surface area contributed by atoms with E-state index in [1.807, 2.05) is 19.9 Å². The molecule has 1 heterocycles. The summed E-state index contributed by atoms with van der Waals surface area (Å²) in [6.07, 6.45) is 0. The Balaban J connectivity index is 2.36. The van der Waals surface area contributed by atoms with Crippen molar-refractivity contribution in [3.05, 3.63) is 27.2 Å². The van der Waals surface area contributed by atoms with E-state index in [0.717, 1.165) is 35.9 Å². The van der Waals surface area contributed by atoms with Crippen LogP contribution in [0.4, 0.5) is 5.69 Å². The SMILES string of the molecule is Cc1cc(Cl)c(NC2=NCCN2)c(Cl)c1C. The molecule has 3 nitrogen and oxygen atoms in total. The zero-order valence-corrected chi connectivity index (χ0v) is 10.7. The molecule has 1 aliphatic heterocycles. The second-order valence-corrected chi connectivity index (χ2v) is 4.56. The van der Waals surface area contributed by atoms with E-state index in [1.165, 1.54) is 0 Å². The molecule has 1 aromatic carbocycles. The van der Waals surface area contributed by atoms with Crippen LogP contribution in [-0.4, -0.2) is 19.0 Å². The Morgan fingerprint density at radius 2 is 2.12 bits per heavy atom. The summed E-state index contributed by atoms with van der Waals surface area (Å²) in [5.74, 6) is 0.729. The van der Waals surface area contributed by atoms with Gasteiger partial charge in [0.2, 0.25) is 0 Å². The summed E-state index contributed by atoms with van der Waals surface area (Å²) >= 11 is 12.4. The number of guanidine groups is 1. The van der Waals surface area contributed by atoms with Gasteiger partial charge >= 0.3 is 0 Å². The minimum absolute atomic E-state index is 0.615. The lowest BCUT2D eigenvalue weighted by molar-refractivity contribution is 0.959. The van der Waals surface area contributed by atoms with Gasteiger partial charge in [0.05, 0.1) is 22.3 Å². The van der Waals surface area contributed by atoms with Crippen LogP contribution in [0.2, 0.25) is 10.0 Å². The Hall–Kier alpha value is -0.930. The van der Waals surface area contributed by atoms with Crippen molar-refractivity contribution in [3.8, 4) is 0 Å². The summed E-state index contributed by atoms with van der Waals surface area (Å²) < 4.78 is 0. The van der Waals surface area contributed by atoms with Crippen LogP contribution in [0.3, 0.4) is 0 Å². The molecule has 1 aliphatic rings. The molecule has 2 rings (SSSR count). The number of halogens is 2. The number of nitrogens with zero attached hydrogens (tertiary/aromatic N) is 1.